The molecule has 0 saturated carbocycles. The minimum Gasteiger partial charge on any atom is -0.479 e. The van der Waals surface area contributed by atoms with Gasteiger partial charge in [-0.2, -0.15) is 0 Å². The van der Waals surface area contributed by atoms with Crippen molar-refractivity contribution in [2.45, 2.75) is 22.3 Å². The number of carbonyl (C=O) groups is 3. The third-order valence-electron chi connectivity index (χ3n) is 1.99. The van der Waals surface area contributed by atoms with Crippen molar-refractivity contribution in [2.24, 2.45) is 0 Å². The smallest absolute Gasteiger partial charge is 0.345 e. The summed E-state index contributed by atoms with van der Waals surface area (Å²) < 4.78 is -2.14. The minimum absolute atomic E-state index is 0.0425. The Morgan fingerprint density at radius 2 is 1.80 bits per heavy atom. The Balaban J connectivity index is 3.15. The summed E-state index contributed by atoms with van der Waals surface area (Å²) in [7, 11) is 0. The number of carboxylic acids is 1. The minimum atomic E-state index is -2.14. The molecule has 1 aliphatic rings. The van der Waals surface area contributed by atoms with Crippen LogP contribution in [0.1, 0.15) is 12.8 Å². The molecular formula is C7H7Br2NO5. The predicted octanol–water partition coefficient (Wildman–Crippen LogP) is 0.0245. The molecule has 2 N–H and O–H groups in total. The van der Waals surface area contributed by atoms with Crippen LogP contribution >= 0.6 is 31.9 Å². The first kappa shape index (κ1) is 12.6. The molecule has 1 heterocycles. The molecule has 15 heavy (non-hydrogen) atoms. The SMILES string of the molecule is O=C1CCC(=O)N1C(Br)(C(=O)O)C(O)Br. The van der Waals surface area contributed by atoms with Crippen molar-refractivity contribution >= 4 is 49.6 Å². The first-order valence-corrected chi connectivity index (χ1v) is 5.63. The van der Waals surface area contributed by atoms with Crippen LogP contribution < -0.4 is 0 Å². The van der Waals surface area contributed by atoms with E-state index in [2.05, 4.69) is 31.9 Å². The molecular weight excluding hydrogens is 338 g/mol. The number of carboxylic acid groups (broad SMARTS) is 1. The van der Waals surface area contributed by atoms with Crippen molar-refractivity contribution in [3.8, 4) is 0 Å². The molecule has 0 radical (unpaired) electrons. The molecule has 0 spiro atoms. The molecule has 0 aromatic rings. The number of imide groups is 1. The number of nitrogens with zero attached hydrogens (tertiary/aromatic N) is 1. The fraction of sp³-hybridized carbons (Fsp3) is 0.571. The van der Waals surface area contributed by atoms with Crippen molar-refractivity contribution in [3.05, 3.63) is 0 Å². The molecule has 2 atom stereocenters. The highest BCUT2D eigenvalue weighted by atomic mass is 79.9. The number of aliphatic hydroxyl groups is 1. The van der Waals surface area contributed by atoms with E-state index in [0.717, 1.165) is 0 Å². The largest absolute Gasteiger partial charge is 0.479 e. The van der Waals surface area contributed by atoms with Crippen LogP contribution in [0.5, 0.6) is 0 Å². The average Bonchev–Trinajstić information content (AvgIpc) is 2.44. The Labute approximate surface area is 101 Å². The zero-order valence-electron chi connectivity index (χ0n) is 7.31. The second-order valence-corrected chi connectivity index (χ2v) is 5.01. The van der Waals surface area contributed by atoms with E-state index in [-0.39, 0.29) is 12.8 Å². The second kappa shape index (κ2) is 4.18. The summed E-state index contributed by atoms with van der Waals surface area (Å²) >= 11 is 5.35. The molecule has 1 saturated heterocycles. The van der Waals surface area contributed by atoms with Gasteiger partial charge in [-0.25, -0.2) is 4.79 Å². The molecule has 8 heteroatoms. The number of halogens is 2. The van der Waals surface area contributed by atoms with Gasteiger partial charge in [0.15, 0.2) is 5.01 Å². The van der Waals surface area contributed by atoms with Gasteiger partial charge in [-0.3, -0.25) is 14.5 Å². The van der Waals surface area contributed by atoms with Crippen molar-refractivity contribution in [3.63, 3.8) is 0 Å². The Morgan fingerprint density at radius 3 is 2.07 bits per heavy atom. The summed E-state index contributed by atoms with van der Waals surface area (Å²) in [6.45, 7) is 0. The Bertz CT molecular complexity index is 315. The third-order valence-corrected chi connectivity index (χ3v) is 4.40. The molecule has 1 rings (SSSR count). The number of rotatable bonds is 3. The summed E-state index contributed by atoms with van der Waals surface area (Å²) in [6, 6.07) is 0. The van der Waals surface area contributed by atoms with Gasteiger partial charge in [-0.15, -0.1) is 0 Å². The molecule has 0 aromatic heterocycles. The fourth-order valence-corrected chi connectivity index (χ4v) is 2.04. The van der Waals surface area contributed by atoms with Crippen LogP contribution in [-0.4, -0.2) is 42.4 Å². The van der Waals surface area contributed by atoms with Crippen LogP contribution in [0.25, 0.3) is 0 Å². The Morgan fingerprint density at radius 1 is 1.40 bits per heavy atom. The van der Waals surface area contributed by atoms with Gasteiger partial charge in [-0.1, -0.05) is 15.9 Å². The van der Waals surface area contributed by atoms with Crippen LogP contribution in [0, 0.1) is 0 Å². The Hall–Kier alpha value is -0.470. The molecule has 84 valence electrons. The van der Waals surface area contributed by atoms with Crippen molar-refractivity contribution in [1.29, 1.82) is 0 Å². The lowest BCUT2D eigenvalue weighted by Gasteiger charge is -2.32. The lowest BCUT2D eigenvalue weighted by atomic mass is 10.2. The van der Waals surface area contributed by atoms with Crippen LogP contribution in [0.3, 0.4) is 0 Å². The number of aliphatic carboxylic acids is 1. The molecule has 2 unspecified atom stereocenters. The molecule has 1 aliphatic heterocycles. The van der Waals surface area contributed by atoms with Crippen molar-refractivity contribution in [2.75, 3.05) is 0 Å². The highest BCUT2D eigenvalue weighted by Gasteiger charge is 2.54. The average molecular weight is 345 g/mol. The molecule has 0 aromatic carbocycles. The number of hydrogen-bond acceptors (Lipinski definition) is 4. The number of likely N-dealkylation sites (tertiary alicyclic amines) is 1. The maximum Gasteiger partial charge on any atom is 0.345 e. The molecule has 2 amide bonds. The van der Waals surface area contributed by atoms with Crippen LogP contribution in [0.4, 0.5) is 0 Å². The lowest BCUT2D eigenvalue weighted by Crippen LogP contribution is -2.57. The summed E-state index contributed by atoms with van der Waals surface area (Å²) in [5.74, 6) is -2.77. The van der Waals surface area contributed by atoms with Gasteiger partial charge in [0.2, 0.25) is 16.3 Å². The highest BCUT2D eigenvalue weighted by molar-refractivity contribution is 9.12. The van der Waals surface area contributed by atoms with Gasteiger partial charge >= 0.3 is 5.97 Å². The van der Waals surface area contributed by atoms with Gasteiger partial charge in [0.05, 0.1) is 0 Å². The normalized spacial score (nSPS) is 22.7. The van der Waals surface area contributed by atoms with E-state index in [1.54, 1.807) is 0 Å². The monoisotopic (exact) mass is 343 g/mol. The van der Waals surface area contributed by atoms with Gasteiger partial charge in [0.25, 0.3) is 0 Å². The quantitative estimate of drug-likeness (QED) is 0.427. The predicted molar refractivity (Wildman–Crippen MR) is 55.3 cm³/mol. The van der Waals surface area contributed by atoms with Crippen molar-refractivity contribution in [1.82, 2.24) is 4.90 Å². The Kier molecular flexibility index (Phi) is 3.51. The van der Waals surface area contributed by atoms with Crippen molar-refractivity contribution < 1.29 is 24.6 Å². The lowest BCUT2D eigenvalue weighted by molar-refractivity contribution is -0.158. The first-order chi connectivity index (χ1) is 6.81. The summed E-state index contributed by atoms with van der Waals surface area (Å²) in [5.41, 5.74) is 0. The molecule has 6 nitrogen and oxygen atoms in total. The number of carbonyl (C=O) groups excluding carboxylic acids is 2. The van der Waals surface area contributed by atoms with E-state index in [0.29, 0.717) is 4.90 Å². The number of alkyl halides is 2. The highest BCUT2D eigenvalue weighted by Crippen LogP contribution is 2.35. The van der Waals surface area contributed by atoms with E-state index in [9.17, 15) is 19.5 Å². The van der Waals surface area contributed by atoms with E-state index < -0.39 is 27.2 Å². The van der Waals surface area contributed by atoms with Crippen LogP contribution in [0.15, 0.2) is 0 Å². The van der Waals surface area contributed by atoms with Crippen LogP contribution in [-0.2, 0) is 14.4 Å². The van der Waals surface area contributed by atoms with Gasteiger partial charge in [-0.05, 0) is 15.9 Å². The van der Waals surface area contributed by atoms with E-state index in [1.807, 2.05) is 0 Å². The van der Waals surface area contributed by atoms with E-state index in [4.69, 9.17) is 5.11 Å². The number of aliphatic hydroxyl groups excluding tert-OH is 1. The summed E-state index contributed by atoms with van der Waals surface area (Å²) in [5, 5.41) is 16.6. The molecule has 0 bridgehead atoms. The molecule has 0 aliphatic carbocycles. The topological polar surface area (TPSA) is 94.9 Å². The van der Waals surface area contributed by atoms with Gasteiger partial charge < -0.3 is 10.2 Å². The number of amides is 2. The second-order valence-electron chi connectivity index (χ2n) is 2.94. The zero-order chi connectivity index (χ0) is 11.8. The summed E-state index contributed by atoms with van der Waals surface area (Å²) in [6.07, 6.45) is -0.0850. The molecule has 1 fully saturated rings. The maximum atomic E-state index is 11.3. The third kappa shape index (κ3) is 1.93. The fourth-order valence-electron chi connectivity index (χ4n) is 1.24. The van der Waals surface area contributed by atoms with E-state index >= 15 is 0 Å². The van der Waals surface area contributed by atoms with Crippen LogP contribution in [0.2, 0.25) is 0 Å². The van der Waals surface area contributed by atoms with Gasteiger partial charge in [0, 0.05) is 12.8 Å². The number of hydrogen-bond donors (Lipinski definition) is 2. The maximum absolute atomic E-state index is 11.3. The van der Waals surface area contributed by atoms with Gasteiger partial charge in [0.1, 0.15) is 0 Å². The zero-order valence-corrected chi connectivity index (χ0v) is 10.5. The first-order valence-electron chi connectivity index (χ1n) is 3.92. The summed E-state index contributed by atoms with van der Waals surface area (Å²) in [4.78, 5) is 34.1. The standard InChI is InChI=1S/C7H7Br2NO5/c8-5(13)7(9,6(14)15)10-3(11)1-2-4(10)12/h5,13H,1-2H2,(H,14,15). The van der Waals surface area contributed by atoms with E-state index in [1.165, 1.54) is 0 Å².